The first kappa shape index (κ1) is 11.6. The van der Waals surface area contributed by atoms with Crippen LogP contribution in [0.25, 0.3) is 0 Å². The highest BCUT2D eigenvalue weighted by atomic mass is 15.1. The van der Waals surface area contributed by atoms with Gasteiger partial charge in [-0.15, -0.1) is 0 Å². The van der Waals surface area contributed by atoms with E-state index in [2.05, 4.69) is 23.4 Å². The van der Waals surface area contributed by atoms with Gasteiger partial charge in [0.2, 0.25) is 0 Å². The van der Waals surface area contributed by atoms with Crippen LogP contribution in [0, 0.1) is 11.8 Å². The fourth-order valence-corrected chi connectivity index (χ4v) is 2.58. The van der Waals surface area contributed by atoms with Crippen molar-refractivity contribution >= 4 is 0 Å². The Balaban J connectivity index is 2.11. The topological polar surface area (TPSA) is 43.8 Å². The molecule has 0 fully saturated rings. The molecule has 1 aromatic heterocycles. The van der Waals surface area contributed by atoms with Gasteiger partial charge in [0.15, 0.2) is 0 Å². The maximum atomic E-state index is 5.56. The lowest BCUT2D eigenvalue weighted by Crippen LogP contribution is -2.23. The first-order valence-electron chi connectivity index (χ1n) is 6.45. The second-order valence-corrected chi connectivity index (χ2v) is 5.22. The smallest absolute Gasteiger partial charge is 0.0951 e. The number of aryl methyl sites for hydroxylation is 2. The van der Waals surface area contributed by atoms with Crippen molar-refractivity contribution in [3.05, 3.63) is 17.7 Å². The van der Waals surface area contributed by atoms with Crippen molar-refractivity contribution in [2.75, 3.05) is 6.54 Å². The Kier molecular flexibility index (Phi) is 3.64. The van der Waals surface area contributed by atoms with E-state index >= 15 is 0 Å². The summed E-state index contributed by atoms with van der Waals surface area (Å²) in [6, 6.07) is 0. The first-order chi connectivity index (χ1) is 7.72. The van der Waals surface area contributed by atoms with Gasteiger partial charge in [0, 0.05) is 12.2 Å². The van der Waals surface area contributed by atoms with E-state index in [4.69, 9.17) is 5.73 Å². The summed E-state index contributed by atoms with van der Waals surface area (Å²) in [6.45, 7) is 6.57. The lowest BCUT2D eigenvalue weighted by Gasteiger charge is -2.27. The van der Waals surface area contributed by atoms with Crippen LogP contribution in [-0.4, -0.2) is 16.1 Å². The molecule has 3 nitrogen and oxygen atoms in total. The fraction of sp³-hybridized carbons (Fsp3) is 0.769. The monoisotopic (exact) mass is 221 g/mol. The van der Waals surface area contributed by atoms with Crippen LogP contribution < -0.4 is 5.73 Å². The molecule has 90 valence electrons. The quantitative estimate of drug-likeness (QED) is 0.845. The standard InChI is InChI=1S/C13H23N3/c1-10(2)11-5-7-16-9-15-12(4-3-6-14)13(16)8-11/h9-11H,3-8,14H2,1-2H3. The van der Waals surface area contributed by atoms with E-state index in [9.17, 15) is 0 Å². The molecule has 2 rings (SSSR count). The van der Waals surface area contributed by atoms with Gasteiger partial charge in [-0.2, -0.15) is 0 Å². The number of nitrogens with zero attached hydrogens (tertiary/aromatic N) is 2. The number of nitrogens with two attached hydrogens (primary N) is 1. The maximum absolute atomic E-state index is 5.56. The second kappa shape index (κ2) is 5.00. The van der Waals surface area contributed by atoms with Gasteiger partial charge in [-0.1, -0.05) is 13.8 Å². The van der Waals surface area contributed by atoms with Crippen molar-refractivity contribution < 1.29 is 0 Å². The van der Waals surface area contributed by atoms with Gasteiger partial charge in [0.05, 0.1) is 12.0 Å². The molecule has 1 aromatic rings. The van der Waals surface area contributed by atoms with Crippen molar-refractivity contribution in [1.29, 1.82) is 0 Å². The van der Waals surface area contributed by atoms with Crippen molar-refractivity contribution in [2.24, 2.45) is 17.6 Å². The zero-order chi connectivity index (χ0) is 11.5. The Morgan fingerprint density at radius 1 is 1.56 bits per heavy atom. The molecule has 0 aromatic carbocycles. The van der Waals surface area contributed by atoms with E-state index in [-0.39, 0.29) is 0 Å². The lowest BCUT2D eigenvalue weighted by atomic mass is 9.85. The highest BCUT2D eigenvalue weighted by Gasteiger charge is 2.23. The van der Waals surface area contributed by atoms with Crippen LogP contribution >= 0.6 is 0 Å². The summed E-state index contributed by atoms with van der Waals surface area (Å²) in [7, 11) is 0. The summed E-state index contributed by atoms with van der Waals surface area (Å²) in [4.78, 5) is 4.54. The summed E-state index contributed by atoms with van der Waals surface area (Å²) in [5.41, 5.74) is 8.32. The minimum atomic E-state index is 0.764. The van der Waals surface area contributed by atoms with Gasteiger partial charge < -0.3 is 10.3 Å². The van der Waals surface area contributed by atoms with Gasteiger partial charge in [0.1, 0.15) is 0 Å². The van der Waals surface area contributed by atoms with Gasteiger partial charge in [-0.25, -0.2) is 4.98 Å². The first-order valence-corrected chi connectivity index (χ1v) is 6.45. The second-order valence-electron chi connectivity index (χ2n) is 5.22. The van der Waals surface area contributed by atoms with Crippen molar-refractivity contribution in [3.63, 3.8) is 0 Å². The number of rotatable bonds is 4. The minimum Gasteiger partial charge on any atom is -0.334 e. The fourth-order valence-electron chi connectivity index (χ4n) is 2.58. The minimum absolute atomic E-state index is 0.764. The summed E-state index contributed by atoms with van der Waals surface area (Å²) in [5, 5.41) is 0. The average molecular weight is 221 g/mol. The Hall–Kier alpha value is -0.830. The van der Waals surface area contributed by atoms with E-state index in [1.807, 2.05) is 6.33 Å². The van der Waals surface area contributed by atoms with Crippen molar-refractivity contribution in [1.82, 2.24) is 9.55 Å². The molecule has 16 heavy (non-hydrogen) atoms. The highest BCUT2D eigenvalue weighted by molar-refractivity contribution is 5.16. The molecule has 2 N–H and O–H groups in total. The molecule has 0 spiro atoms. The molecule has 0 radical (unpaired) electrons. The zero-order valence-electron chi connectivity index (χ0n) is 10.4. The number of imidazole rings is 1. The Morgan fingerprint density at radius 2 is 2.38 bits per heavy atom. The summed E-state index contributed by atoms with van der Waals surface area (Å²) in [6.07, 6.45) is 6.62. The molecule has 1 unspecified atom stereocenters. The van der Waals surface area contributed by atoms with Gasteiger partial charge in [-0.3, -0.25) is 0 Å². The van der Waals surface area contributed by atoms with E-state index in [1.54, 1.807) is 0 Å². The predicted octanol–water partition coefficient (Wildman–Crippen LogP) is 1.99. The van der Waals surface area contributed by atoms with Crippen LogP contribution in [0.2, 0.25) is 0 Å². The number of fused-ring (bicyclic) bond motifs is 1. The van der Waals surface area contributed by atoms with Crippen LogP contribution in [0.5, 0.6) is 0 Å². The third-order valence-corrected chi connectivity index (χ3v) is 3.79. The average Bonchev–Trinajstić information content (AvgIpc) is 2.68. The number of hydrogen-bond donors (Lipinski definition) is 1. The normalized spacial score (nSPS) is 20.1. The molecule has 0 bridgehead atoms. The summed E-state index contributed by atoms with van der Waals surface area (Å²) in [5.74, 6) is 1.62. The van der Waals surface area contributed by atoms with Gasteiger partial charge >= 0.3 is 0 Å². The van der Waals surface area contributed by atoms with Crippen LogP contribution in [0.4, 0.5) is 0 Å². The number of hydrogen-bond acceptors (Lipinski definition) is 2. The van der Waals surface area contributed by atoms with E-state index in [0.29, 0.717) is 0 Å². The van der Waals surface area contributed by atoms with E-state index in [0.717, 1.165) is 37.8 Å². The SMILES string of the molecule is CC(C)C1CCn2cnc(CCCN)c2C1. The van der Waals surface area contributed by atoms with Gasteiger partial charge in [-0.05, 0) is 44.1 Å². The molecule has 0 amide bonds. The molecular weight excluding hydrogens is 198 g/mol. The van der Waals surface area contributed by atoms with Crippen molar-refractivity contribution in [3.8, 4) is 0 Å². The van der Waals surface area contributed by atoms with E-state index < -0.39 is 0 Å². The molecule has 1 aliphatic rings. The third kappa shape index (κ3) is 2.29. The number of aromatic nitrogens is 2. The Bertz CT molecular complexity index is 341. The van der Waals surface area contributed by atoms with Crippen molar-refractivity contribution in [2.45, 2.75) is 46.1 Å². The zero-order valence-corrected chi connectivity index (χ0v) is 10.4. The highest BCUT2D eigenvalue weighted by Crippen LogP contribution is 2.28. The molecule has 0 saturated carbocycles. The summed E-state index contributed by atoms with van der Waals surface area (Å²) >= 11 is 0. The van der Waals surface area contributed by atoms with Crippen LogP contribution in [0.1, 0.15) is 38.1 Å². The molecule has 1 aliphatic heterocycles. The molecule has 2 heterocycles. The molecular formula is C13H23N3. The predicted molar refractivity (Wildman–Crippen MR) is 66.3 cm³/mol. The molecule has 0 saturated heterocycles. The van der Waals surface area contributed by atoms with Crippen LogP contribution in [0.15, 0.2) is 6.33 Å². The van der Waals surface area contributed by atoms with Gasteiger partial charge in [0.25, 0.3) is 0 Å². The Labute approximate surface area is 98.1 Å². The molecule has 0 aliphatic carbocycles. The van der Waals surface area contributed by atoms with E-state index in [1.165, 1.54) is 24.2 Å². The molecule has 1 atom stereocenters. The van der Waals surface area contributed by atoms with Crippen LogP contribution in [0.3, 0.4) is 0 Å². The Morgan fingerprint density at radius 3 is 3.06 bits per heavy atom. The van der Waals surface area contributed by atoms with Crippen LogP contribution in [-0.2, 0) is 19.4 Å². The third-order valence-electron chi connectivity index (χ3n) is 3.79. The lowest BCUT2D eigenvalue weighted by molar-refractivity contribution is 0.302. The largest absolute Gasteiger partial charge is 0.334 e. The maximum Gasteiger partial charge on any atom is 0.0951 e. The molecule has 3 heteroatoms. The summed E-state index contributed by atoms with van der Waals surface area (Å²) < 4.78 is 2.34.